The minimum atomic E-state index is 0.0549. The fraction of sp³-hybridized carbons (Fsp3) is 0.538. The smallest absolute Gasteiger partial charge is 0.0659 e. The van der Waals surface area contributed by atoms with Crippen LogP contribution in [-0.2, 0) is 17.6 Å². The molecule has 0 fully saturated rings. The number of ether oxygens (including phenoxy) is 1. The third-order valence-corrected chi connectivity index (χ3v) is 2.96. The third-order valence-electron chi connectivity index (χ3n) is 2.96. The predicted molar refractivity (Wildman–Crippen MR) is 61.9 cm³/mol. The molecular weight excluding hydrogens is 186 g/mol. The maximum atomic E-state index is 6.09. The number of benzene rings is 1. The van der Waals surface area contributed by atoms with Crippen LogP contribution in [0, 0.1) is 0 Å². The predicted octanol–water partition coefficient (Wildman–Crippen LogP) is 2.21. The lowest BCUT2D eigenvalue weighted by Gasteiger charge is -2.13. The lowest BCUT2D eigenvalue weighted by Crippen LogP contribution is -2.16. The highest BCUT2D eigenvalue weighted by Crippen LogP contribution is 2.22. The van der Waals surface area contributed by atoms with Gasteiger partial charge in [0, 0.05) is 0 Å². The van der Waals surface area contributed by atoms with Crippen LogP contribution in [-0.4, -0.2) is 13.2 Å². The summed E-state index contributed by atoms with van der Waals surface area (Å²) in [5.41, 5.74) is 10.1. The van der Waals surface area contributed by atoms with Crippen molar-refractivity contribution in [2.24, 2.45) is 5.73 Å². The zero-order chi connectivity index (χ0) is 10.7. The van der Waals surface area contributed by atoms with Crippen LogP contribution in [0.1, 0.15) is 36.1 Å². The summed E-state index contributed by atoms with van der Waals surface area (Å²) < 4.78 is 5.46. The van der Waals surface area contributed by atoms with E-state index >= 15 is 0 Å². The van der Waals surface area contributed by atoms with Gasteiger partial charge in [0.25, 0.3) is 0 Å². The molecule has 0 aromatic heterocycles. The van der Waals surface area contributed by atoms with Gasteiger partial charge >= 0.3 is 0 Å². The Morgan fingerprint density at radius 1 is 1.47 bits per heavy atom. The number of fused-ring (bicyclic) bond motifs is 1. The first-order valence-electron chi connectivity index (χ1n) is 5.76. The van der Waals surface area contributed by atoms with Gasteiger partial charge in [-0.05, 0) is 29.5 Å². The number of nitrogens with two attached hydrogens (primary N) is 1. The molecule has 0 radical (unpaired) electrons. The summed E-state index contributed by atoms with van der Waals surface area (Å²) in [5, 5.41) is 0. The largest absolute Gasteiger partial charge is 0.379 e. The Balaban J connectivity index is 2.31. The normalized spacial score (nSPS) is 20.8. The van der Waals surface area contributed by atoms with E-state index in [1.165, 1.54) is 23.1 Å². The molecule has 1 heterocycles. The summed E-state index contributed by atoms with van der Waals surface area (Å²) in [6.45, 7) is 3.66. The van der Waals surface area contributed by atoms with Gasteiger partial charge in [-0.3, -0.25) is 0 Å². The first-order valence-corrected chi connectivity index (χ1v) is 5.76. The maximum absolute atomic E-state index is 6.09. The quantitative estimate of drug-likeness (QED) is 0.803. The molecule has 2 N–H and O–H groups in total. The molecule has 1 aromatic carbocycles. The van der Waals surface area contributed by atoms with E-state index in [0.717, 1.165) is 19.4 Å². The average molecular weight is 205 g/mol. The molecule has 2 rings (SSSR count). The zero-order valence-electron chi connectivity index (χ0n) is 9.33. The van der Waals surface area contributed by atoms with Crippen molar-refractivity contribution in [2.75, 3.05) is 13.2 Å². The summed E-state index contributed by atoms with van der Waals surface area (Å²) in [5.74, 6) is 0. The van der Waals surface area contributed by atoms with E-state index in [2.05, 4.69) is 25.1 Å². The first-order chi connectivity index (χ1) is 7.31. The Bertz CT molecular complexity index is 335. The molecule has 1 aliphatic heterocycles. The van der Waals surface area contributed by atoms with Crippen LogP contribution in [0.5, 0.6) is 0 Å². The van der Waals surface area contributed by atoms with Crippen molar-refractivity contribution in [3.63, 3.8) is 0 Å². The SMILES string of the molecule is CCCc1ccc2c(c1)C(N)COCC2. The van der Waals surface area contributed by atoms with Crippen LogP contribution in [0.2, 0.25) is 0 Å². The Hall–Kier alpha value is -0.860. The van der Waals surface area contributed by atoms with Gasteiger partial charge in [0.1, 0.15) is 0 Å². The van der Waals surface area contributed by atoms with E-state index < -0.39 is 0 Å². The summed E-state index contributed by atoms with van der Waals surface area (Å²) in [6, 6.07) is 6.76. The van der Waals surface area contributed by atoms with Crippen LogP contribution >= 0.6 is 0 Å². The van der Waals surface area contributed by atoms with Gasteiger partial charge in [-0.2, -0.15) is 0 Å². The molecule has 2 nitrogen and oxygen atoms in total. The molecule has 15 heavy (non-hydrogen) atoms. The molecule has 1 atom stereocenters. The molecule has 2 heteroatoms. The highest BCUT2D eigenvalue weighted by atomic mass is 16.5. The molecular formula is C13H19NO. The van der Waals surface area contributed by atoms with Gasteiger partial charge in [-0.15, -0.1) is 0 Å². The average Bonchev–Trinajstić information content (AvgIpc) is 2.42. The number of rotatable bonds is 2. The van der Waals surface area contributed by atoms with Crippen LogP contribution in [0.15, 0.2) is 18.2 Å². The summed E-state index contributed by atoms with van der Waals surface area (Å²) in [6.07, 6.45) is 3.32. The first kappa shape index (κ1) is 10.7. The third kappa shape index (κ3) is 2.39. The lowest BCUT2D eigenvalue weighted by molar-refractivity contribution is 0.131. The highest BCUT2D eigenvalue weighted by Gasteiger charge is 2.15. The van der Waals surface area contributed by atoms with Gasteiger partial charge in [0.2, 0.25) is 0 Å². The van der Waals surface area contributed by atoms with E-state index in [0.29, 0.717) is 6.61 Å². The van der Waals surface area contributed by atoms with Crippen molar-refractivity contribution in [3.8, 4) is 0 Å². The fourth-order valence-corrected chi connectivity index (χ4v) is 2.14. The number of hydrogen-bond donors (Lipinski definition) is 1. The van der Waals surface area contributed by atoms with Crippen molar-refractivity contribution >= 4 is 0 Å². The molecule has 1 unspecified atom stereocenters. The topological polar surface area (TPSA) is 35.2 Å². The van der Waals surface area contributed by atoms with Crippen molar-refractivity contribution in [1.82, 2.24) is 0 Å². The van der Waals surface area contributed by atoms with Gasteiger partial charge in [0.15, 0.2) is 0 Å². The van der Waals surface area contributed by atoms with Gasteiger partial charge < -0.3 is 10.5 Å². The maximum Gasteiger partial charge on any atom is 0.0659 e. The lowest BCUT2D eigenvalue weighted by atomic mass is 9.96. The monoisotopic (exact) mass is 205 g/mol. The Kier molecular flexibility index (Phi) is 3.39. The van der Waals surface area contributed by atoms with Crippen molar-refractivity contribution < 1.29 is 4.74 Å². The van der Waals surface area contributed by atoms with Crippen LogP contribution in [0.3, 0.4) is 0 Å². The second-order valence-corrected chi connectivity index (χ2v) is 4.21. The van der Waals surface area contributed by atoms with Crippen LogP contribution < -0.4 is 5.73 Å². The van der Waals surface area contributed by atoms with Gasteiger partial charge in [-0.25, -0.2) is 0 Å². The number of aryl methyl sites for hydroxylation is 1. The molecule has 0 saturated carbocycles. The van der Waals surface area contributed by atoms with Crippen LogP contribution in [0.25, 0.3) is 0 Å². The van der Waals surface area contributed by atoms with E-state index in [4.69, 9.17) is 10.5 Å². The summed E-state index contributed by atoms with van der Waals surface area (Å²) in [4.78, 5) is 0. The zero-order valence-corrected chi connectivity index (χ0v) is 9.33. The molecule has 0 saturated heterocycles. The molecule has 0 spiro atoms. The van der Waals surface area contributed by atoms with E-state index in [-0.39, 0.29) is 6.04 Å². The molecule has 82 valence electrons. The van der Waals surface area contributed by atoms with E-state index in [1.54, 1.807) is 0 Å². The fourth-order valence-electron chi connectivity index (χ4n) is 2.14. The molecule has 0 bridgehead atoms. The number of hydrogen-bond acceptors (Lipinski definition) is 2. The highest BCUT2D eigenvalue weighted by molar-refractivity contribution is 5.35. The summed E-state index contributed by atoms with van der Waals surface area (Å²) >= 11 is 0. The molecule has 1 aliphatic rings. The van der Waals surface area contributed by atoms with Gasteiger partial charge in [0.05, 0.1) is 19.3 Å². The van der Waals surface area contributed by atoms with E-state index in [1.807, 2.05) is 0 Å². The summed E-state index contributed by atoms with van der Waals surface area (Å²) in [7, 11) is 0. The van der Waals surface area contributed by atoms with Gasteiger partial charge in [-0.1, -0.05) is 31.5 Å². The molecule has 0 aliphatic carbocycles. The van der Waals surface area contributed by atoms with Crippen molar-refractivity contribution in [3.05, 3.63) is 34.9 Å². The minimum absolute atomic E-state index is 0.0549. The van der Waals surface area contributed by atoms with Crippen molar-refractivity contribution in [2.45, 2.75) is 32.2 Å². The Morgan fingerprint density at radius 3 is 3.13 bits per heavy atom. The second kappa shape index (κ2) is 4.77. The molecule has 1 aromatic rings. The molecule has 0 amide bonds. The van der Waals surface area contributed by atoms with E-state index in [9.17, 15) is 0 Å². The second-order valence-electron chi connectivity index (χ2n) is 4.21. The Labute approximate surface area is 91.4 Å². The standard InChI is InChI=1S/C13H19NO/c1-2-3-10-4-5-11-6-7-15-9-13(14)12(11)8-10/h4-5,8,13H,2-3,6-7,9,14H2,1H3. The van der Waals surface area contributed by atoms with Crippen LogP contribution in [0.4, 0.5) is 0 Å². The minimum Gasteiger partial charge on any atom is -0.379 e. The van der Waals surface area contributed by atoms with Crippen molar-refractivity contribution in [1.29, 1.82) is 0 Å². The Morgan fingerprint density at radius 2 is 2.33 bits per heavy atom.